The highest BCUT2D eigenvalue weighted by Crippen LogP contribution is 2.47. The quantitative estimate of drug-likeness (QED) is 0.281. The van der Waals surface area contributed by atoms with Crippen molar-refractivity contribution in [3.8, 4) is 0 Å². The molecule has 150 valence electrons. The Kier molecular flexibility index (Phi) is 4.27. The van der Waals surface area contributed by atoms with Crippen LogP contribution in [0.2, 0.25) is 0 Å². The Morgan fingerprint density at radius 2 is 1.93 bits per heavy atom. The zero-order valence-electron chi connectivity index (χ0n) is 14.1. The van der Waals surface area contributed by atoms with E-state index in [0.29, 0.717) is 18.2 Å². The van der Waals surface area contributed by atoms with Crippen molar-refractivity contribution in [1.82, 2.24) is 26.1 Å². The van der Waals surface area contributed by atoms with Crippen LogP contribution in [0.25, 0.3) is 0 Å². The minimum Gasteiger partial charge on any atom is -0.380 e. The van der Waals surface area contributed by atoms with Crippen molar-refractivity contribution in [2.45, 2.75) is 18.5 Å². The summed E-state index contributed by atoms with van der Waals surface area (Å²) in [6.07, 6.45) is 0.210. The second-order valence-electron chi connectivity index (χ2n) is 7.19. The van der Waals surface area contributed by atoms with Crippen molar-refractivity contribution in [2.75, 3.05) is 32.8 Å². The highest BCUT2D eigenvalue weighted by Gasteiger charge is 2.63. The summed E-state index contributed by atoms with van der Waals surface area (Å²) in [5.74, 6) is -1.15. The average molecular weight is 405 g/mol. The SMILES string of the molecule is O=C(NNC(=O)[C@@H]1CC2(COC2)[C@H]2CN1C(=O)N2OS(=O)(=O)O)C1CNC1. The molecule has 0 radical (unpaired) electrons. The number of nitrogens with one attached hydrogen (secondary N) is 3. The van der Waals surface area contributed by atoms with E-state index in [9.17, 15) is 22.8 Å². The third kappa shape index (κ3) is 3.12. The zero-order valence-corrected chi connectivity index (χ0v) is 14.9. The Labute approximate surface area is 154 Å². The lowest BCUT2D eigenvalue weighted by atomic mass is 9.71. The van der Waals surface area contributed by atoms with E-state index in [1.54, 1.807) is 0 Å². The number of hydrogen-bond acceptors (Lipinski definition) is 8. The number of amides is 4. The Bertz CT molecular complexity index is 780. The summed E-state index contributed by atoms with van der Waals surface area (Å²) in [4.78, 5) is 38.1. The van der Waals surface area contributed by atoms with Crippen LogP contribution < -0.4 is 16.2 Å². The molecule has 4 aliphatic rings. The maximum Gasteiger partial charge on any atom is 0.418 e. The highest BCUT2D eigenvalue weighted by molar-refractivity contribution is 7.80. The Hall–Kier alpha value is -2.00. The summed E-state index contributed by atoms with van der Waals surface area (Å²) in [6, 6.07) is -2.47. The fourth-order valence-corrected chi connectivity index (χ4v) is 4.18. The first-order valence-corrected chi connectivity index (χ1v) is 9.72. The minimum atomic E-state index is -4.90. The van der Waals surface area contributed by atoms with Gasteiger partial charge in [-0.25, -0.2) is 4.79 Å². The van der Waals surface area contributed by atoms with Gasteiger partial charge in [0.15, 0.2) is 0 Å². The van der Waals surface area contributed by atoms with E-state index in [0.717, 1.165) is 4.90 Å². The summed E-state index contributed by atoms with van der Waals surface area (Å²) in [6.45, 7) is 1.53. The summed E-state index contributed by atoms with van der Waals surface area (Å²) in [5.41, 5.74) is 4.00. The molecule has 4 saturated heterocycles. The van der Waals surface area contributed by atoms with Crippen LogP contribution in [0, 0.1) is 11.3 Å². The van der Waals surface area contributed by atoms with Gasteiger partial charge >= 0.3 is 16.4 Å². The molecule has 14 heteroatoms. The van der Waals surface area contributed by atoms with E-state index >= 15 is 0 Å². The molecule has 27 heavy (non-hydrogen) atoms. The molecule has 2 bridgehead atoms. The van der Waals surface area contributed by atoms with Crippen molar-refractivity contribution in [2.24, 2.45) is 11.3 Å². The first-order chi connectivity index (χ1) is 12.7. The van der Waals surface area contributed by atoms with Gasteiger partial charge in [0.25, 0.3) is 5.91 Å². The van der Waals surface area contributed by atoms with Crippen LogP contribution >= 0.6 is 0 Å². The molecular weight excluding hydrogens is 386 g/mol. The Morgan fingerprint density at radius 1 is 1.26 bits per heavy atom. The van der Waals surface area contributed by atoms with Crippen molar-refractivity contribution < 1.29 is 36.4 Å². The summed E-state index contributed by atoms with van der Waals surface area (Å²) in [7, 11) is -4.90. The third-order valence-electron chi connectivity index (χ3n) is 5.49. The van der Waals surface area contributed by atoms with Crippen LogP contribution in [0.4, 0.5) is 4.79 Å². The van der Waals surface area contributed by atoms with Gasteiger partial charge in [-0.2, -0.15) is 13.5 Å². The summed E-state index contributed by atoms with van der Waals surface area (Å²) in [5, 5.41) is 3.53. The number of rotatable bonds is 4. The van der Waals surface area contributed by atoms with Crippen LogP contribution in [-0.4, -0.2) is 85.7 Å². The van der Waals surface area contributed by atoms with E-state index in [-0.39, 0.29) is 38.0 Å². The molecule has 13 nitrogen and oxygen atoms in total. The van der Waals surface area contributed by atoms with Gasteiger partial charge in [-0.15, -0.1) is 4.28 Å². The van der Waals surface area contributed by atoms with Gasteiger partial charge in [-0.05, 0) is 6.42 Å². The fourth-order valence-electron chi connectivity index (χ4n) is 3.81. The molecule has 2 atom stereocenters. The first-order valence-electron chi connectivity index (χ1n) is 8.35. The molecule has 4 N–H and O–H groups in total. The zero-order chi connectivity index (χ0) is 19.4. The number of ether oxygens (including phenoxy) is 1. The largest absolute Gasteiger partial charge is 0.418 e. The molecule has 4 fully saturated rings. The fraction of sp³-hybridized carbons (Fsp3) is 0.769. The van der Waals surface area contributed by atoms with E-state index in [2.05, 4.69) is 20.5 Å². The van der Waals surface area contributed by atoms with E-state index in [4.69, 9.17) is 9.29 Å². The van der Waals surface area contributed by atoms with Gasteiger partial charge in [0.05, 0.1) is 25.2 Å². The second kappa shape index (κ2) is 6.27. The highest BCUT2D eigenvalue weighted by atomic mass is 32.3. The van der Waals surface area contributed by atoms with Crippen molar-refractivity contribution in [3.63, 3.8) is 0 Å². The molecule has 0 aromatic carbocycles. The van der Waals surface area contributed by atoms with Crippen molar-refractivity contribution >= 4 is 28.2 Å². The number of hydrazine groups is 1. The number of carbonyl (C=O) groups excluding carboxylic acids is 3. The molecule has 4 heterocycles. The van der Waals surface area contributed by atoms with Gasteiger partial charge in [-0.3, -0.25) is 25.0 Å². The normalized spacial score (nSPS) is 29.3. The van der Waals surface area contributed by atoms with Crippen molar-refractivity contribution in [3.05, 3.63) is 0 Å². The predicted molar refractivity (Wildman–Crippen MR) is 84.7 cm³/mol. The van der Waals surface area contributed by atoms with Crippen LogP contribution in [-0.2, 0) is 29.0 Å². The molecule has 0 aromatic heterocycles. The van der Waals surface area contributed by atoms with Gasteiger partial charge in [0.2, 0.25) is 5.91 Å². The molecular formula is C13H19N5O8S. The van der Waals surface area contributed by atoms with Gasteiger partial charge < -0.3 is 15.0 Å². The molecule has 0 saturated carbocycles. The molecule has 4 amide bonds. The maximum atomic E-state index is 12.6. The number of piperidine rings is 1. The first kappa shape index (κ1) is 18.4. The lowest BCUT2D eigenvalue weighted by molar-refractivity contribution is -0.193. The predicted octanol–water partition coefficient (Wildman–Crippen LogP) is -3.02. The monoisotopic (exact) mass is 405 g/mol. The maximum absolute atomic E-state index is 12.6. The second-order valence-corrected chi connectivity index (χ2v) is 8.19. The number of fused-ring (bicyclic) bond motifs is 3. The molecule has 4 aliphatic heterocycles. The van der Waals surface area contributed by atoms with E-state index in [1.807, 2.05) is 0 Å². The van der Waals surface area contributed by atoms with Crippen LogP contribution in [0.15, 0.2) is 0 Å². The van der Waals surface area contributed by atoms with Crippen molar-refractivity contribution in [1.29, 1.82) is 0 Å². The molecule has 0 aliphatic carbocycles. The molecule has 0 aromatic rings. The molecule has 1 spiro atoms. The molecule has 0 unspecified atom stereocenters. The number of hydrogen-bond donors (Lipinski definition) is 4. The summed E-state index contributed by atoms with van der Waals surface area (Å²) < 4.78 is 40.8. The topological polar surface area (TPSA) is 167 Å². The van der Waals surface area contributed by atoms with E-state index < -0.39 is 39.8 Å². The average Bonchev–Trinajstić information content (AvgIpc) is 2.75. The lowest BCUT2D eigenvalue weighted by Crippen LogP contribution is -2.64. The van der Waals surface area contributed by atoms with Crippen LogP contribution in [0.1, 0.15) is 6.42 Å². The number of carbonyl (C=O) groups is 3. The lowest BCUT2D eigenvalue weighted by Gasteiger charge is -2.50. The van der Waals surface area contributed by atoms with Gasteiger partial charge in [0.1, 0.15) is 6.04 Å². The van der Waals surface area contributed by atoms with Gasteiger partial charge in [0, 0.05) is 25.0 Å². The van der Waals surface area contributed by atoms with Gasteiger partial charge in [-0.1, -0.05) is 0 Å². The Balaban J connectivity index is 1.48. The number of hydroxylamine groups is 2. The van der Waals surface area contributed by atoms with Crippen LogP contribution in [0.3, 0.4) is 0 Å². The smallest absolute Gasteiger partial charge is 0.380 e. The summed E-state index contributed by atoms with van der Waals surface area (Å²) >= 11 is 0. The standard InChI is InChI=1S/C13H19N5O8S/c19-10(7-2-14-3-7)15-16-11(20)8-1-13(5-25-6-13)9-4-17(8)12(21)18(9)26-27(22,23)24/h7-9,14H,1-6H2,(H,15,19)(H,16,20)(H,22,23,24)/t8-,9+/m0/s1. The Morgan fingerprint density at radius 3 is 2.44 bits per heavy atom. The third-order valence-corrected chi connectivity index (χ3v) is 5.84. The number of nitrogens with zero attached hydrogens (tertiary/aromatic N) is 2. The minimum absolute atomic E-state index is 0.0380. The van der Waals surface area contributed by atoms with Crippen LogP contribution in [0.5, 0.6) is 0 Å². The number of urea groups is 1. The van der Waals surface area contributed by atoms with E-state index in [1.165, 1.54) is 0 Å². The molecule has 4 rings (SSSR count).